The Hall–Kier alpha value is -4.21. The summed E-state index contributed by atoms with van der Waals surface area (Å²) in [6.45, 7) is 2.51. The van der Waals surface area contributed by atoms with Crippen LogP contribution in [0.4, 0.5) is 11.6 Å². The molecule has 0 fully saturated rings. The number of H-pyrrole nitrogens is 1. The third-order valence-electron chi connectivity index (χ3n) is 5.14. The van der Waals surface area contributed by atoms with E-state index in [1.807, 2.05) is 55.5 Å². The highest BCUT2D eigenvalue weighted by atomic mass is 16.5. The Balaban J connectivity index is 1.71. The van der Waals surface area contributed by atoms with E-state index in [2.05, 4.69) is 31.0 Å². The predicted octanol–water partition coefficient (Wildman–Crippen LogP) is 2.53. The number of nitrogens with zero attached hydrogens (tertiary/aromatic N) is 5. The molecule has 0 spiro atoms. The molecular formula is C21H19N7O3. The smallest absolute Gasteiger partial charge is 0.288 e. The monoisotopic (exact) mass is 417 g/mol. The topological polar surface area (TPSA) is 120 Å². The minimum absolute atomic E-state index is 0.350. The van der Waals surface area contributed by atoms with E-state index in [0.717, 1.165) is 22.6 Å². The van der Waals surface area contributed by atoms with Crippen molar-refractivity contribution in [2.45, 2.75) is 13.0 Å². The largest absolute Gasteiger partial charge is 0.497 e. The average molecular weight is 417 g/mol. The summed E-state index contributed by atoms with van der Waals surface area (Å²) in [5.41, 5.74) is 3.02. The highest BCUT2D eigenvalue weighted by Crippen LogP contribution is 2.41. The molecule has 3 heterocycles. The van der Waals surface area contributed by atoms with E-state index in [9.17, 15) is 4.79 Å². The van der Waals surface area contributed by atoms with Crippen molar-refractivity contribution in [3.8, 4) is 22.8 Å². The molecule has 4 aromatic rings. The van der Waals surface area contributed by atoms with Gasteiger partial charge in [0.05, 0.1) is 19.4 Å². The van der Waals surface area contributed by atoms with Gasteiger partial charge in [-0.2, -0.15) is 9.78 Å². The van der Waals surface area contributed by atoms with Gasteiger partial charge in [0.25, 0.3) is 5.56 Å². The summed E-state index contributed by atoms with van der Waals surface area (Å²) in [6.07, 6.45) is 0. The zero-order valence-electron chi connectivity index (χ0n) is 16.9. The average Bonchev–Trinajstić information content (AvgIpc) is 3.28. The van der Waals surface area contributed by atoms with E-state index in [4.69, 9.17) is 9.47 Å². The number of hydrogen-bond acceptors (Lipinski definition) is 8. The van der Waals surface area contributed by atoms with Crippen LogP contribution in [0.2, 0.25) is 0 Å². The molecule has 2 aromatic carbocycles. The molecule has 0 saturated heterocycles. The lowest BCUT2D eigenvalue weighted by Gasteiger charge is -2.27. The maximum absolute atomic E-state index is 12.7. The second-order valence-corrected chi connectivity index (χ2v) is 6.90. The number of fused-ring (bicyclic) bond motifs is 2. The Kier molecular flexibility index (Phi) is 4.58. The summed E-state index contributed by atoms with van der Waals surface area (Å²) in [5, 5.41) is 22.0. The van der Waals surface area contributed by atoms with Gasteiger partial charge in [0, 0.05) is 11.1 Å². The maximum atomic E-state index is 12.7. The van der Waals surface area contributed by atoms with Crippen LogP contribution in [0.15, 0.2) is 53.3 Å². The molecule has 0 saturated carbocycles. The van der Waals surface area contributed by atoms with Crippen molar-refractivity contribution in [3.63, 3.8) is 0 Å². The molecule has 1 aliphatic heterocycles. The number of tetrazole rings is 1. The van der Waals surface area contributed by atoms with Gasteiger partial charge >= 0.3 is 0 Å². The third kappa shape index (κ3) is 3.18. The van der Waals surface area contributed by atoms with E-state index < -0.39 is 6.04 Å². The van der Waals surface area contributed by atoms with Gasteiger partial charge in [0.2, 0.25) is 5.95 Å². The zero-order chi connectivity index (χ0) is 21.4. The summed E-state index contributed by atoms with van der Waals surface area (Å²) < 4.78 is 12.5. The second-order valence-electron chi connectivity index (χ2n) is 6.90. The first kappa shape index (κ1) is 18.8. The fourth-order valence-electron chi connectivity index (χ4n) is 3.73. The zero-order valence-corrected chi connectivity index (χ0v) is 16.9. The van der Waals surface area contributed by atoms with Crippen LogP contribution in [0.5, 0.6) is 11.5 Å². The van der Waals surface area contributed by atoms with E-state index in [1.165, 1.54) is 0 Å². The lowest BCUT2D eigenvalue weighted by Crippen LogP contribution is -2.29. The minimum atomic E-state index is -0.455. The Morgan fingerprint density at radius 1 is 1.06 bits per heavy atom. The summed E-state index contributed by atoms with van der Waals surface area (Å²) >= 11 is 0. The molecule has 0 radical (unpaired) electrons. The van der Waals surface area contributed by atoms with Crippen molar-refractivity contribution < 1.29 is 9.47 Å². The molecule has 5 rings (SSSR count). The van der Waals surface area contributed by atoms with E-state index in [0.29, 0.717) is 29.5 Å². The van der Waals surface area contributed by atoms with E-state index in [1.54, 1.807) is 11.8 Å². The van der Waals surface area contributed by atoms with Gasteiger partial charge in [-0.3, -0.25) is 4.79 Å². The first-order valence-electron chi connectivity index (χ1n) is 9.74. The summed E-state index contributed by atoms with van der Waals surface area (Å²) in [5.74, 6) is 1.87. The van der Waals surface area contributed by atoms with Gasteiger partial charge in [-0.1, -0.05) is 17.2 Å². The van der Waals surface area contributed by atoms with Crippen LogP contribution in [-0.2, 0) is 0 Å². The summed E-state index contributed by atoms with van der Waals surface area (Å²) in [4.78, 5) is 12.7. The molecule has 2 N–H and O–H groups in total. The van der Waals surface area contributed by atoms with Crippen LogP contribution < -0.4 is 20.3 Å². The second kappa shape index (κ2) is 7.56. The Morgan fingerprint density at radius 3 is 2.52 bits per heavy atom. The first-order valence-corrected chi connectivity index (χ1v) is 9.74. The lowest BCUT2D eigenvalue weighted by molar-refractivity contribution is 0.340. The number of aromatic amines is 1. The SMILES string of the molecule is CCOc1ccc(-c2n[nH]c(=O)c3c2[C@H](c2ccc(OC)cc2)n2nnnc2N3)cc1. The fourth-order valence-corrected chi connectivity index (χ4v) is 3.73. The molecule has 1 atom stereocenters. The van der Waals surface area contributed by atoms with Crippen LogP contribution in [0.25, 0.3) is 11.3 Å². The van der Waals surface area contributed by atoms with Gasteiger partial charge < -0.3 is 14.8 Å². The quantitative estimate of drug-likeness (QED) is 0.448. The molecule has 156 valence electrons. The molecular weight excluding hydrogens is 398 g/mol. The van der Waals surface area contributed by atoms with Crippen LogP contribution >= 0.6 is 0 Å². The fraction of sp³-hybridized carbons (Fsp3) is 0.190. The van der Waals surface area contributed by atoms with Gasteiger partial charge in [0.15, 0.2) is 0 Å². The first-order chi connectivity index (χ1) is 15.2. The standard InChI is InChI=1S/C21H19N7O3/c1-3-31-15-10-4-12(5-11-15)17-16-18(20(29)24-23-17)22-21-25-26-27-28(21)19(16)13-6-8-14(30-2)9-7-13/h4-11,19H,3H2,1-2H3,(H,24,29)(H,22,25,27)/t19-/m0/s1. The van der Waals surface area contributed by atoms with Crippen molar-refractivity contribution in [2.75, 3.05) is 19.0 Å². The Bertz CT molecular complexity index is 1280. The van der Waals surface area contributed by atoms with Crippen molar-refractivity contribution >= 4 is 11.6 Å². The highest BCUT2D eigenvalue weighted by Gasteiger charge is 2.34. The lowest BCUT2D eigenvalue weighted by atomic mass is 9.92. The highest BCUT2D eigenvalue weighted by molar-refractivity contribution is 5.75. The molecule has 0 bridgehead atoms. The van der Waals surface area contributed by atoms with E-state index >= 15 is 0 Å². The molecule has 0 amide bonds. The van der Waals surface area contributed by atoms with Crippen LogP contribution in [0.3, 0.4) is 0 Å². The molecule has 31 heavy (non-hydrogen) atoms. The number of hydrogen-bond donors (Lipinski definition) is 2. The molecule has 10 heteroatoms. The van der Waals surface area contributed by atoms with Gasteiger partial charge in [-0.15, -0.1) is 0 Å². The number of methoxy groups -OCH3 is 1. The third-order valence-corrected chi connectivity index (χ3v) is 5.14. The van der Waals surface area contributed by atoms with Crippen LogP contribution in [0, 0.1) is 0 Å². The van der Waals surface area contributed by atoms with Gasteiger partial charge in [0.1, 0.15) is 23.2 Å². The van der Waals surface area contributed by atoms with Crippen molar-refractivity contribution in [1.29, 1.82) is 0 Å². The number of nitrogens with one attached hydrogen (secondary N) is 2. The molecule has 0 aliphatic carbocycles. The van der Waals surface area contributed by atoms with Gasteiger partial charge in [-0.05, 0) is 59.3 Å². The molecule has 2 aromatic heterocycles. The number of anilines is 2. The summed E-state index contributed by atoms with van der Waals surface area (Å²) in [6, 6.07) is 14.7. The number of benzene rings is 2. The molecule has 10 nitrogen and oxygen atoms in total. The maximum Gasteiger partial charge on any atom is 0.288 e. The molecule has 0 unspecified atom stereocenters. The van der Waals surface area contributed by atoms with Crippen molar-refractivity contribution in [2.24, 2.45) is 0 Å². The minimum Gasteiger partial charge on any atom is -0.497 e. The predicted molar refractivity (Wildman–Crippen MR) is 113 cm³/mol. The van der Waals surface area contributed by atoms with Crippen LogP contribution in [0.1, 0.15) is 24.1 Å². The van der Waals surface area contributed by atoms with Crippen molar-refractivity contribution in [1.82, 2.24) is 30.4 Å². The van der Waals surface area contributed by atoms with Crippen molar-refractivity contribution in [3.05, 3.63) is 70.0 Å². The number of ether oxygens (including phenoxy) is 2. The number of rotatable bonds is 5. The van der Waals surface area contributed by atoms with Crippen LogP contribution in [-0.4, -0.2) is 44.1 Å². The Labute approximate surface area is 176 Å². The molecule has 1 aliphatic rings. The summed E-state index contributed by atoms with van der Waals surface area (Å²) in [7, 11) is 1.61. The normalized spacial score (nSPS) is 14.3. The Morgan fingerprint density at radius 2 is 1.81 bits per heavy atom. The van der Waals surface area contributed by atoms with Gasteiger partial charge in [-0.25, -0.2) is 5.10 Å². The van der Waals surface area contributed by atoms with E-state index in [-0.39, 0.29) is 5.56 Å². The number of aromatic nitrogens is 6.